The van der Waals surface area contributed by atoms with Crippen LogP contribution in [0.15, 0.2) is 108 Å². The maximum absolute atomic E-state index is 10.6. The molecule has 2 aliphatic heterocycles. The van der Waals surface area contributed by atoms with Crippen molar-refractivity contribution in [1.82, 2.24) is 19.9 Å². The molecule has 0 amide bonds. The highest BCUT2D eigenvalue weighted by atomic mass is 32.1. The van der Waals surface area contributed by atoms with E-state index in [2.05, 4.69) is 20.1 Å². The number of benzene rings is 4. The predicted octanol–water partition coefficient (Wildman–Crippen LogP) is 10.3. The van der Waals surface area contributed by atoms with Crippen molar-refractivity contribution in [3.8, 4) is 79.0 Å². The van der Waals surface area contributed by atoms with Gasteiger partial charge in [-0.25, -0.2) is 9.97 Å². The molecule has 12 heteroatoms. The van der Waals surface area contributed by atoms with Crippen molar-refractivity contribution in [3.63, 3.8) is 0 Å². The minimum absolute atomic E-state index is 0.145. The zero-order valence-corrected chi connectivity index (χ0v) is 30.4. The molecule has 0 fully saturated rings. The standard InChI is InChI=1S/C45H29N5O6S/c51-28-13-24(14-29(52)19-28)43-36-6-4-34(47-36)42(23-2-1-3-27(12-23)46-22-57)35-5-7-37(48-35)44(25-15-30(53)20-31(54)16-25)39-9-11-41(50-39)45(40-10-8-38(43)49-40)26-17-32(55)21-33(56)18-26/h1-21,47,50-56H. The third kappa shape index (κ3) is 6.53. The largest absolute Gasteiger partial charge is 0.508 e. The summed E-state index contributed by atoms with van der Waals surface area (Å²) in [6.07, 6.45) is 7.34. The van der Waals surface area contributed by atoms with Crippen molar-refractivity contribution < 1.29 is 30.6 Å². The van der Waals surface area contributed by atoms with Gasteiger partial charge < -0.3 is 40.6 Å². The van der Waals surface area contributed by atoms with E-state index in [4.69, 9.17) is 22.2 Å². The van der Waals surface area contributed by atoms with E-state index >= 15 is 0 Å². The van der Waals surface area contributed by atoms with Crippen LogP contribution in [0.1, 0.15) is 22.8 Å². The molecule has 57 heavy (non-hydrogen) atoms. The lowest BCUT2D eigenvalue weighted by atomic mass is 10.0. The molecule has 276 valence electrons. The number of fused-ring (bicyclic) bond motifs is 8. The average molecular weight is 768 g/mol. The van der Waals surface area contributed by atoms with E-state index in [0.717, 1.165) is 5.56 Å². The lowest BCUT2D eigenvalue weighted by Crippen LogP contribution is -1.90. The van der Waals surface area contributed by atoms with Crippen LogP contribution in [0.4, 0.5) is 5.69 Å². The van der Waals surface area contributed by atoms with E-state index in [-0.39, 0.29) is 34.5 Å². The number of phenols is 6. The number of H-pyrrole nitrogens is 2. The molecule has 0 unspecified atom stereocenters. The van der Waals surface area contributed by atoms with Crippen molar-refractivity contribution in [3.05, 3.63) is 126 Å². The molecule has 4 aromatic carbocycles. The van der Waals surface area contributed by atoms with Gasteiger partial charge in [0.15, 0.2) is 0 Å². The van der Waals surface area contributed by atoms with Crippen LogP contribution in [0.5, 0.6) is 34.5 Å². The average Bonchev–Trinajstić information content (AvgIpc) is 3.99. The molecular weight excluding hydrogens is 739 g/mol. The monoisotopic (exact) mass is 767 g/mol. The van der Waals surface area contributed by atoms with Gasteiger partial charge in [-0.3, -0.25) is 0 Å². The van der Waals surface area contributed by atoms with Gasteiger partial charge in [0.05, 0.1) is 33.6 Å². The lowest BCUT2D eigenvalue weighted by Gasteiger charge is -2.08. The quantitative estimate of drug-likeness (QED) is 0.0622. The van der Waals surface area contributed by atoms with Crippen molar-refractivity contribution in [2.75, 3.05) is 0 Å². The summed E-state index contributed by atoms with van der Waals surface area (Å²) in [5, 5.41) is 66.2. The molecular formula is C45H29N5O6S. The highest BCUT2D eigenvalue weighted by Gasteiger charge is 2.20. The van der Waals surface area contributed by atoms with Crippen LogP contribution >= 0.6 is 12.2 Å². The predicted molar refractivity (Wildman–Crippen MR) is 225 cm³/mol. The molecule has 2 aliphatic rings. The second-order valence-corrected chi connectivity index (χ2v) is 13.7. The Morgan fingerprint density at radius 1 is 0.421 bits per heavy atom. The number of nitrogens with one attached hydrogen (secondary N) is 2. The van der Waals surface area contributed by atoms with Crippen molar-refractivity contribution in [1.29, 1.82) is 0 Å². The number of hydrogen-bond donors (Lipinski definition) is 8. The van der Waals surface area contributed by atoms with E-state index in [1.165, 1.54) is 54.6 Å². The zero-order chi connectivity index (χ0) is 39.4. The Labute approximate surface area is 328 Å². The molecule has 9 rings (SSSR count). The zero-order valence-electron chi connectivity index (χ0n) is 29.6. The Morgan fingerprint density at radius 3 is 1.09 bits per heavy atom. The molecule has 0 atom stereocenters. The van der Waals surface area contributed by atoms with E-state index < -0.39 is 0 Å². The van der Waals surface area contributed by atoms with Crippen LogP contribution in [-0.4, -0.2) is 55.7 Å². The van der Waals surface area contributed by atoms with Gasteiger partial charge in [0.1, 0.15) is 34.5 Å². The molecule has 8 N–H and O–H groups in total. The Morgan fingerprint density at radius 2 is 0.754 bits per heavy atom. The van der Waals surface area contributed by atoms with Gasteiger partial charge >= 0.3 is 0 Å². The second kappa shape index (κ2) is 13.7. The second-order valence-electron chi connectivity index (χ2n) is 13.5. The Kier molecular flexibility index (Phi) is 8.39. The Bertz CT molecular complexity index is 3010. The minimum atomic E-state index is -0.160. The number of thiocarbonyl (C=S) groups is 1. The van der Waals surface area contributed by atoms with Crippen LogP contribution in [0, 0.1) is 0 Å². The lowest BCUT2D eigenvalue weighted by molar-refractivity contribution is 0.450. The molecule has 3 aromatic heterocycles. The fourth-order valence-corrected chi connectivity index (χ4v) is 7.53. The summed E-state index contributed by atoms with van der Waals surface area (Å²) in [6, 6.07) is 27.8. The highest BCUT2D eigenvalue weighted by molar-refractivity contribution is 7.78. The first-order valence-corrected chi connectivity index (χ1v) is 18.0. The summed E-state index contributed by atoms with van der Waals surface area (Å²) < 4.78 is 0. The van der Waals surface area contributed by atoms with E-state index in [9.17, 15) is 30.6 Å². The SMILES string of the molecule is Oc1cc(O)cc(-c2c3nc(c(-c4cc(O)cc(O)c4)c4ccc([nH]4)c(-c4cccc(N=C=S)c4)c4nc(c(-c5cc(O)cc(O)c5)c5ccc2[nH]5)C=C4)C=C3)c1. The highest BCUT2D eigenvalue weighted by Crippen LogP contribution is 2.41. The van der Waals surface area contributed by atoms with Gasteiger partial charge in [0.25, 0.3) is 0 Å². The van der Waals surface area contributed by atoms with Crippen LogP contribution in [-0.2, 0) is 0 Å². The smallest absolute Gasteiger partial charge is 0.119 e. The van der Waals surface area contributed by atoms with E-state index in [1.54, 1.807) is 6.08 Å². The van der Waals surface area contributed by atoms with E-state index in [0.29, 0.717) is 89.5 Å². The minimum Gasteiger partial charge on any atom is -0.508 e. The molecule has 0 saturated heterocycles. The Hall–Kier alpha value is -7.92. The number of hydrogen-bond acceptors (Lipinski definition) is 10. The number of aromatic amines is 2. The van der Waals surface area contributed by atoms with Gasteiger partial charge in [-0.2, -0.15) is 4.99 Å². The summed E-state index contributed by atoms with van der Waals surface area (Å²) in [5.74, 6) is -0.900. The molecule has 0 aliphatic carbocycles. The summed E-state index contributed by atoms with van der Waals surface area (Å²) in [6.45, 7) is 0. The van der Waals surface area contributed by atoms with Crippen LogP contribution in [0.3, 0.4) is 0 Å². The number of aliphatic imine (C=N–C) groups is 1. The van der Waals surface area contributed by atoms with Crippen LogP contribution < -0.4 is 0 Å². The van der Waals surface area contributed by atoms with Gasteiger partial charge in [-0.15, -0.1) is 0 Å². The topological polar surface area (TPSA) is 191 Å². The number of phenolic OH excluding ortho intramolecular Hbond substituents is 6. The third-order valence-corrected chi connectivity index (χ3v) is 9.73. The van der Waals surface area contributed by atoms with Gasteiger partial charge in [-0.1, -0.05) is 12.1 Å². The number of rotatable bonds is 5. The molecule has 11 nitrogen and oxygen atoms in total. The number of isothiocyanates is 1. The fourth-order valence-electron chi connectivity index (χ4n) is 7.42. The van der Waals surface area contributed by atoms with Gasteiger partial charge in [-0.05, 0) is 132 Å². The first-order valence-electron chi connectivity index (χ1n) is 17.5. The van der Waals surface area contributed by atoms with Gasteiger partial charge in [0, 0.05) is 62.5 Å². The van der Waals surface area contributed by atoms with Crippen LogP contribution in [0.2, 0.25) is 0 Å². The van der Waals surface area contributed by atoms with Crippen LogP contribution in [0.25, 0.3) is 90.9 Å². The maximum atomic E-state index is 10.6. The molecule has 7 aromatic rings. The number of nitrogens with zero attached hydrogens (tertiary/aromatic N) is 3. The number of aromatic hydroxyl groups is 6. The third-order valence-electron chi connectivity index (χ3n) is 9.64. The molecule has 5 heterocycles. The number of aromatic nitrogens is 4. The summed E-state index contributed by atoms with van der Waals surface area (Å²) in [5.41, 5.74) is 9.57. The summed E-state index contributed by atoms with van der Waals surface area (Å²) in [4.78, 5) is 21.5. The van der Waals surface area contributed by atoms with Crippen molar-refractivity contribution in [2.24, 2.45) is 4.99 Å². The fraction of sp³-hybridized carbons (Fsp3) is 0. The normalized spacial score (nSPS) is 11.8. The van der Waals surface area contributed by atoms with Gasteiger partial charge in [0.2, 0.25) is 0 Å². The Balaban J connectivity index is 1.50. The summed E-state index contributed by atoms with van der Waals surface area (Å²) >= 11 is 4.91. The molecule has 0 saturated carbocycles. The first kappa shape index (κ1) is 34.8. The maximum Gasteiger partial charge on any atom is 0.119 e. The first-order chi connectivity index (χ1) is 27.6. The molecule has 8 bridgehead atoms. The van der Waals surface area contributed by atoms with Crippen molar-refractivity contribution >= 4 is 69.4 Å². The van der Waals surface area contributed by atoms with E-state index in [1.807, 2.05) is 66.8 Å². The summed E-state index contributed by atoms with van der Waals surface area (Å²) in [7, 11) is 0. The molecule has 0 spiro atoms. The van der Waals surface area contributed by atoms with Crippen molar-refractivity contribution in [2.45, 2.75) is 0 Å². The molecule has 0 radical (unpaired) electrons.